The highest BCUT2D eigenvalue weighted by atomic mass is 19.1. The monoisotopic (exact) mass is 289 g/mol. The number of amides is 1. The molecule has 2 aliphatic heterocycles. The predicted octanol–water partition coefficient (Wildman–Crippen LogP) is 3.33. The number of carbonyl (C=O) groups excluding carboxylic acids is 1. The van der Waals surface area contributed by atoms with Gasteiger partial charge in [0.25, 0.3) is 0 Å². The molecule has 112 valence electrons. The maximum Gasteiger partial charge on any atom is 0.226 e. The molecule has 2 heterocycles. The van der Waals surface area contributed by atoms with Gasteiger partial charge in [-0.3, -0.25) is 9.69 Å². The van der Waals surface area contributed by atoms with Crippen molar-refractivity contribution in [3.63, 3.8) is 0 Å². The lowest BCUT2D eigenvalue weighted by atomic mass is 9.89. The molecule has 2 aliphatic rings. The van der Waals surface area contributed by atoms with Gasteiger partial charge in [-0.05, 0) is 41.7 Å². The van der Waals surface area contributed by atoms with E-state index in [0.717, 1.165) is 24.2 Å². The Balaban J connectivity index is 2.00. The fraction of sp³-hybridized carbons (Fsp3) is 0.471. The normalized spacial score (nSPS) is 25.3. The molecule has 0 aliphatic carbocycles. The van der Waals surface area contributed by atoms with Gasteiger partial charge in [0.05, 0.1) is 13.2 Å². The zero-order chi connectivity index (χ0) is 15.0. The van der Waals surface area contributed by atoms with Crippen LogP contribution in [0.25, 0.3) is 5.57 Å². The van der Waals surface area contributed by atoms with Crippen LogP contribution in [0.4, 0.5) is 10.1 Å². The van der Waals surface area contributed by atoms with E-state index >= 15 is 0 Å². The summed E-state index contributed by atoms with van der Waals surface area (Å²) in [6.45, 7) is 4.66. The number of benzene rings is 1. The standard InChI is InChI=1S/C17H20FNO2/c1-11-9-15-10-14(13-5-7-21-8-6-13)3-4-16(15)19(12(2)20)17(11)18/h3-5,10-11,17H,6-9H2,1-2H3/t11-,17-/m1/s1. The molecule has 0 saturated heterocycles. The first kappa shape index (κ1) is 14.3. The minimum Gasteiger partial charge on any atom is -0.377 e. The van der Waals surface area contributed by atoms with E-state index in [1.807, 2.05) is 19.1 Å². The Morgan fingerprint density at radius 2 is 2.24 bits per heavy atom. The first-order valence-corrected chi connectivity index (χ1v) is 7.42. The Bertz CT molecular complexity index is 596. The van der Waals surface area contributed by atoms with E-state index in [0.29, 0.717) is 18.7 Å². The zero-order valence-electron chi connectivity index (χ0n) is 12.4. The summed E-state index contributed by atoms with van der Waals surface area (Å²) >= 11 is 0. The summed E-state index contributed by atoms with van der Waals surface area (Å²) in [5.41, 5.74) is 4.19. The van der Waals surface area contributed by atoms with Crippen molar-refractivity contribution in [2.45, 2.75) is 33.0 Å². The number of carbonyl (C=O) groups is 1. The third-order valence-corrected chi connectivity index (χ3v) is 4.27. The second-order valence-corrected chi connectivity index (χ2v) is 5.84. The Morgan fingerprint density at radius 3 is 2.90 bits per heavy atom. The molecule has 0 aromatic heterocycles. The van der Waals surface area contributed by atoms with Gasteiger partial charge in [0.15, 0.2) is 6.30 Å². The first-order chi connectivity index (χ1) is 10.1. The Labute approximate surface area is 124 Å². The maximum atomic E-state index is 14.3. The van der Waals surface area contributed by atoms with Crippen molar-refractivity contribution in [1.82, 2.24) is 0 Å². The number of alkyl halides is 1. The molecule has 1 aromatic rings. The third-order valence-electron chi connectivity index (χ3n) is 4.27. The molecular weight excluding hydrogens is 269 g/mol. The molecular formula is C17H20FNO2. The van der Waals surface area contributed by atoms with Gasteiger partial charge in [0, 0.05) is 18.5 Å². The number of hydrogen-bond acceptors (Lipinski definition) is 2. The summed E-state index contributed by atoms with van der Waals surface area (Å²) in [6, 6.07) is 5.96. The summed E-state index contributed by atoms with van der Waals surface area (Å²) in [4.78, 5) is 13.0. The summed E-state index contributed by atoms with van der Waals surface area (Å²) in [5.74, 6) is -0.423. The number of fused-ring (bicyclic) bond motifs is 1. The van der Waals surface area contributed by atoms with Crippen LogP contribution in [-0.4, -0.2) is 25.4 Å². The quantitative estimate of drug-likeness (QED) is 0.742. The van der Waals surface area contributed by atoms with E-state index in [1.54, 1.807) is 0 Å². The van der Waals surface area contributed by atoms with Crippen molar-refractivity contribution in [2.75, 3.05) is 18.1 Å². The van der Waals surface area contributed by atoms with E-state index in [9.17, 15) is 9.18 Å². The highest BCUT2D eigenvalue weighted by Gasteiger charge is 2.34. The van der Waals surface area contributed by atoms with E-state index < -0.39 is 6.30 Å². The maximum absolute atomic E-state index is 14.3. The van der Waals surface area contributed by atoms with E-state index in [4.69, 9.17) is 4.74 Å². The van der Waals surface area contributed by atoms with Crippen LogP contribution in [-0.2, 0) is 16.0 Å². The van der Waals surface area contributed by atoms with E-state index in [-0.39, 0.29) is 11.8 Å². The number of rotatable bonds is 1. The van der Waals surface area contributed by atoms with Crippen LogP contribution in [0.1, 0.15) is 31.4 Å². The Kier molecular flexibility index (Phi) is 3.81. The van der Waals surface area contributed by atoms with Crippen LogP contribution in [0.2, 0.25) is 0 Å². The highest BCUT2D eigenvalue weighted by molar-refractivity contribution is 5.93. The van der Waals surface area contributed by atoms with Gasteiger partial charge in [-0.2, -0.15) is 0 Å². The minimum absolute atomic E-state index is 0.180. The topological polar surface area (TPSA) is 29.5 Å². The average molecular weight is 289 g/mol. The Morgan fingerprint density at radius 1 is 1.43 bits per heavy atom. The van der Waals surface area contributed by atoms with Gasteiger partial charge >= 0.3 is 0 Å². The molecule has 21 heavy (non-hydrogen) atoms. The van der Waals surface area contributed by atoms with Crippen molar-refractivity contribution < 1.29 is 13.9 Å². The summed E-state index contributed by atoms with van der Waals surface area (Å²) in [5, 5.41) is 0. The summed E-state index contributed by atoms with van der Waals surface area (Å²) in [6.07, 6.45) is 2.43. The molecule has 4 heteroatoms. The molecule has 0 saturated carbocycles. The van der Waals surface area contributed by atoms with Crippen molar-refractivity contribution >= 4 is 17.2 Å². The zero-order valence-corrected chi connectivity index (χ0v) is 12.4. The second kappa shape index (κ2) is 5.60. The summed E-state index contributed by atoms with van der Waals surface area (Å²) in [7, 11) is 0. The van der Waals surface area contributed by atoms with Crippen LogP contribution >= 0.6 is 0 Å². The number of halogens is 1. The number of nitrogens with zero attached hydrogens (tertiary/aromatic N) is 1. The number of ether oxygens (including phenoxy) is 1. The van der Waals surface area contributed by atoms with Gasteiger partial charge in [-0.15, -0.1) is 0 Å². The molecule has 3 nitrogen and oxygen atoms in total. The minimum atomic E-state index is -1.23. The van der Waals surface area contributed by atoms with Crippen molar-refractivity contribution in [3.8, 4) is 0 Å². The van der Waals surface area contributed by atoms with Gasteiger partial charge in [0.2, 0.25) is 5.91 Å². The largest absolute Gasteiger partial charge is 0.377 e. The SMILES string of the molecule is CC(=O)N1c2ccc(C3=CCOCC3)cc2C[C@@H](C)[C@@H]1F. The summed E-state index contributed by atoms with van der Waals surface area (Å²) < 4.78 is 19.6. The van der Waals surface area contributed by atoms with Crippen LogP contribution in [0.15, 0.2) is 24.3 Å². The van der Waals surface area contributed by atoms with Gasteiger partial charge < -0.3 is 4.74 Å². The fourth-order valence-electron chi connectivity index (χ4n) is 3.15. The number of hydrogen-bond donors (Lipinski definition) is 0. The van der Waals surface area contributed by atoms with Crippen LogP contribution < -0.4 is 4.90 Å². The number of anilines is 1. The van der Waals surface area contributed by atoms with Crippen LogP contribution in [0.3, 0.4) is 0 Å². The molecule has 1 amide bonds. The van der Waals surface area contributed by atoms with E-state index in [2.05, 4.69) is 12.1 Å². The lowest BCUT2D eigenvalue weighted by Gasteiger charge is -2.36. The second-order valence-electron chi connectivity index (χ2n) is 5.84. The lowest BCUT2D eigenvalue weighted by Crippen LogP contribution is -2.44. The fourth-order valence-corrected chi connectivity index (χ4v) is 3.15. The third kappa shape index (κ3) is 2.60. The Hall–Kier alpha value is -1.68. The van der Waals surface area contributed by atoms with E-state index in [1.165, 1.54) is 17.4 Å². The molecule has 2 atom stereocenters. The highest BCUT2D eigenvalue weighted by Crippen LogP contribution is 2.36. The van der Waals surface area contributed by atoms with Crippen molar-refractivity contribution in [2.24, 2.45) is 5.92 Å². The van der Waals surface area contributed by atoms with Crippen LogP contribution in [0.5, 0.6) is 0 Å². The smallest absolute Gasteiger partial charge is 0.226 e. The average Bonchev–Trinajstić information content (AvgIpc) is 2.48. The molecule has 0 N–H and O–H groups in total. The lowest BCUT2D eigenvalue weighted by molar-refractivity contribution is -0.118. The molecule has 0 fully saturated rings. The van der Waals surface area contributed by atoms with Gasteiger partial charge in [-0.1, -0.05) is 19.1 Å². The van der Waals surface area contributed by atoms with Crippen LogP contribution in [0, 0.1) is 5.92 Å². The van der Waals surface area contributed by atoms with Gasteiger partial charge in [-0.25, -0.2) is 4.39 Å². The van der Waals surface area contributed by atoms with Gasteiger partial charge in [0.1, 0.15) is 0 Å². The van der Waals surface area contributed by atoms with Crippen molar-refractivity contribution in [1.29, 1.82) is 0 Å². The molecule has 0 unspecified atom stereocenters. The molecule has 1 aromatic carbocycles. The molecule has 0 spiro atoms. The molecule has 0 radical (unpaired) electrons. The predicted molar refractivity (Wildman–Crippen MR) is 80.8 cm³/mol. The molecule has 3 rings (SSSR count). The van der Waals surface area contributed by atoms with Crippen molar-refractivity contribution in [3.05, 3.63) is 35.4 Å². The molecule has 0 bridgehead atoms. The first-order valence-electron chi connectivity index (χ1n) is 7.42.